The quantitative estimate of drug-likeness (QED) is 0.749. The van der Waals surface area contributed by atoms with Crippen molar-refractivity contribution in [2.75, 3.05) is 6.61 Å². The zero-order valence-electron chi connectivity index (χ0n) is 10.3. The molecule has 0 amide bonds. The lowest BCUT2D eigenvalue weighted by Crippen LogP contribution is -2.41. The maximum Gasteiger partial charge on any atom is 0.339 e. The summed E-state index contributed by atoms with van der Waals surface area (Å²) >= 11 is 0. The van der Waals surface area contributed by atoms with E-state index in [0.717, 1.165) is 6.92 Å². The summed E-state index contributed by atoms with van der Waals surface area (Å²) in [5.41, 5.74) is -1.35. The van der Waals surface area contributed by atoms with Gasteiger partial charge in [-0.2, -0.15) is 0 Å². The van der Waals surface area contributed by atoms with Crippen molar-refractivity contribution in [3.05, 3.63) is 29.8 Å². The largest absolute Gasteiger partial charge is 0.490 e. The standard InChI is InChI=1S/C13H16O5/c1-3-11(14)9-4-6-10(7-5-9)18-8-13(2,17)12(15)16/h4-7,17H,3,8H2,1-2H3,(H,15,16). The highest BCUT2D eigenvalue weighted by Crippen LogP contribution is 2.15. The number of rotatable bonds is 6. The van der Waals surface area contributed by atoms with Crippen molar-refractivity contribution in [3.63, 3.8) is 0 Å². The molecule has 1 aromatic rings. The highest BCUT2D eigenvalue weighted by molar-refractivity contribution is 5.95. The molecule has 18 heavy (non-hydrogen) atoms. The van der Waals surface area contributed by atoms with Crippen molar-refractivity contribution in [2.24, 2.45) is 0 Å². The van der Waals surface area contributed by atoms with E-state index in [9.17, 15) is 14.7 Å². The second-order valence-corrected chi connectivity index (χ2v) is 4.17. The number of carboxylic acids is 1. The molecule has 0 fully saturated rings. The Bertz CT molecular complexity index is 433. The molecule has 0 bridgehead atoms. The molecule has 0 aliphatic heterocycles. The van der Waals surface area contributed by atoms with Crippen molar-refractivity contribution in [2.45, 2.75) is 25.9 Å². The van der Waals surface area contributed by atoms with E-state index < -0.39 is 11.6 Å². The Kier molecular flexibility index (Phi) is 4.44. The number of aliphatic carboxylic acids is 1. The molecule has 0 saturated heterocycles. The third kappa shape index (κ3) is 3.56. The van der Waals surface area contributed by atoms with Gasteiger partial charge >= 0.3 is 5.97 Å². The van der Waals surface area contributed by atoms with E-state index in [-0.39, 0.29) is 12.4 Å². The highest BCUT2D eigenvalue weighted by atomic mass is 16.5. The number of carboxylic acid groups (broad SMARTS) is 1. The minimum absolute atomic E-state index is 0.0269. The average molecular weight is 252 g/mol. The SMILES string of the molecule is CCC(=O)c1ccc(OCC(C)(O)C(=O)O)cc1. The fourth-order valence-electron chi connectivity index (χ4n) is 1.23. The second kappa shape index (κ2) is 5.64. The molecule has 2 N–H and O–H groups in total. The van der Waals surface area contributed by atoms with Crippen LogP contribution in [0.4, 0.5) is 0 Å². The number of carbonyl (C=O) groups is 2. The molecule has 5 nitrogen and oxygen atoms in total. The Morgan fingerprint density at radius 1 is 1.28 bits per heavy atom. The maximum atomic E-state index is 11.4. The number of ketones is 1. The Labute approximate surface area is 105 Å². The number of hydrogen-bond acceptors (Lipinski definition) is 4. The first-order valence-corrected chi connectivity index (χ1v) is 5.58. The zero-order chi connectivity index (χ0) is 13.8. The molecule has 0 saturated carbocycles. The summed E-state index contributed by atoms with van der Waals surface area (Å²) in [4.78, 5) is 22.0. The first kappa shape index (κ1) is 14.2. The molecule has 1 aromatic carbocycles. The van der Waals surface area contributed by atoms with Crippen molar-refractivity contribution < 1.29 is 24.5 Å². The van der Waals surface area contributed by atoms with Crippen LogP contribution in [0.2, 0.25) is 0 Å². The van der Waals surface area contributed by atoms with Crippen LogP contribution in [0.1, 0.15) is 30.6 Å². The van der Waals surface area contributed by atoms with Gasteiger partial charge in [-0.3, -0.25) is 4.79 Å². The Hall–Kier alpha value is -1.88. The summed E-state index contributed by atoms with van der Waals surface area (Å²) in [6.07, 6.45) is 0.425. The van der Waals surface area contributed by atoms with Crippen LogP contribution in [0.25, 0.3) is 0 Å². The number of Topliss-reactive ketones (excluding diaryl/α,β-unsaturated/α-hetero) is 1. The van der Waals surface area contributed by atoms with Crippen LogP contribution in [0.5, 0.6) is 5.75 Å². The van der Waals surface area contributed by atoms with Gasteiger partial charge in [0.05, 0.1) is 0 Å². The normalized spacial score (nSPS) is 13.7. The number of benzene rings is 1. The molecule has 0 aliphatic carbocycles. The van der Waals surface area contributed by atoms with E-state index in [1.54, 1.807) is 31.2 Å². The molecule has 1 unspecified atom stereocenters. The Morgan fingerprint density at radius 3 is 2.28 bits per heavy atom. The van der Waals surface area contributed by atoms with E-state index in [1.165, 1.54) is 0 Å². The summed E-state index contributed by atoms with van der Waals surface area (Å²) in [7, 11) is 0. The summed E-state index contributed by atoms with van der Waals surface area (Å²) in [6, 6.07) is 6.36. The lowest BCUT2D eigenvalue weighted by Gasteiger charge is -2.18. The highest BCUT2D eigenvalue weighted by Gasteiger charge is 2.30. The summed E-state index contributed by atoms with van der Waals surface area (Å²) in [6.45, 7) is 2.57. The van der Waals surface area contributed by atoms with Crippen LogP contribution in [0.15, 0.2) is 24.3 Å². The van der Waals surface area contributed by atoms with Crippen molar-refractivity contribution in [1.82, 2.24) is 0 Å². The van der Waals surface area contributed by atoms with Gasteiger partial charge in [0.1, 0.15) is 12.4 Å². The van der Waals surface area contributed by atoms with Gasteiger partial charge in [-0.15, -0.1) is 0 Å². The lowest BCUT2D eigenvalue weighted by molar-refractivity contribution is -0.159. The van der Waals surface area contributed by atoms with Crippen LogP contribution in [-0.2, 0) is 4.79 Å². The van der Waals surface area contributed by atoms with E-state index >= 15 is 0 Å². The molecule has 0 heterocycles. The summed E-state index contributed by atoms with van der Waals surface area (Å²) in [5, 5.41) is 18.1. The van der Waals surface area contributed by atoms with Crippen molar-refractivity contribution in [1.29, 1.82) is 0 Å². The maximum absolute atomic E-state index is 11.4. The van der Waals surface area contributed by atoms with Crippen LogP contribution in [0.3, 0.4) is 0 Å². The van der Waals surface area contributed by atoms with Gasteiger partial charge in [0, 0.05) is 12.0 Å². The molecular weight excluding hydrogens is 236 g/mol. The smallest absolute Gasteiger partial charge is 0.339 e. The first-order chi connectivity index (χ1) is 8.36. The predicted molar refractivity (Wildman–Crippen MR) is 64.8 cm³/mol. The van der Waals surface area contributed by atoms with Gasteiger partial charge in [-0.05, 0) is 31.2 Å². The molecule has 1 atom stereocenters. The molecule has 0 aliphatic rings. The first-order valence-electron chi connectivity index (χ1n) is 5.58. The molecule has 0 aromatic heterocycles. The Morgan fingerprint density at radius 2 is 1.83 bits per heavy atom. The minimum atomic E-state index is -1.93. The van der Waals surface area contributed by atoms with E-state index in [0.29, 0.717) is 17.7 Å². The predicted octanol–water partition coefficient (Wildman–Crippen LogP) is 1.49. The molecule has 0 spiro atoms. The van der Waals surface area contributed by atoms with Gasteiger partial charge in [0.15, 0.2) is 11.4 Å². The summed E-state index contributed by atoms with van der Waals surface area (Å²) < 4.78 is 5.16. The molecular formula is C13H16O5. The van der Waals surface area contributed by atoms with Gasteiger partial charge in [-0.1, -0.05) is 6.92 Å². The zero-order valence-corrected chi connectivity index (χ0v) is 10.3. The average Bonchev–Trinajstić information content (AvgIpc) is 2.36. The van der Waals surface area contributed by atoms with Crippen LogP contribution in [-0.4, -0.2) is 34.2 Å². The summed E-state index contributed by atoms with van der Waals surface area (Å²) in [5.74, 6) is -0.913. The second-order valence-electron chi connectivity index (χ2n) is 4.17. The third-order valence-corrected chi connectivity index (χ3v) is 2.48. The molecule has 98 valence electrons. The number of aliphatic hydroxyl groups is 1. The van der Waals surface area contributed by atoms with Crippen LogP contribution < -0.4 is 4.74 Å². The van der Waals surface area contributed by atoms with Gasteiger partial charge < -0.3 is 14.9 Å². The molecule has 1 rings (SSSR count). The van der Waals surface area contributed by atoms with E-state index in [1.807, 2.05) is 0 Å². The minimum Gasteiger partial charge on any atom is -0.490 e. The van der Waals surface area contributed by atoms with Gasteiger partial charge in [-0.25, -0.2) is 4.79 Å². The third-order valence-electron chi connectivity index (χ3n) is 2.48. The van der Waals surface area contributed by atoms with E-state index in [2.05, 4.69) is 0 Å². The van der Waals surface area contributed by atoms with Crippen molar-refractivity contribution >= 4 is 11.8 Å². The van der Waals surface area contributed by atoms with Gasteiger partial charge in [0.2, 0.25) is 0 Å². The van der Waals surface area contributed by atoms with Crippen LogP contribution >= 0.6 is 0 Å². The fraction of sp³-hybridized carbons (Fsp3) is 0.385. The topological polar surface area (TPSA) is 83.8 Å². The fourth-order valence-corrected chi connectivity index (χ4v) is 1.23. The van der Waals surface area contributed by atoms with Crippen LogP contribution in [0, 0.1) is 0 Å². The van der Waals surface area contributed by atoms with Crippen molar-refractivity contribution in [3.8, 4) is 5.75 Å². The molecule has 5 heteroatoms. The number of hydrogen-bond donors (Lipinski definition) is 2. The number of carbonyl (C=O) groups excluding carboxylic acids is 1. The molecule has 0 radical (unpaired) electrons. The lowest BCUT2D eigenvalue weighted by atomic mass is 10.1. The Balaban J connectivity index is 2.65. The monoisotopic (exact) mass is 252 g/mol. The van der Waals surface area contributed by atoms with Gasteiger partial charge in [0.25, 0.3) is 0 Å². The number of ether oxygens (including phenoxy) is 1. The van der Waals surface area contributed by atoms with E-state index in [4.69, 9.17) is 9.84 Å².